The SMILES string of the molecule is CC(CNC(=O)C(NC(=O)C1CC1)C(C)O)c1ccc(F)cc1F. The molecule has 1 aromatic carbocycles. The van der Waals surface area contributed by atoms with Crippen LogP contribution in [-0.2, 0) is 9.59 Å². The van der Waals surface area contributed by atoms with Crippen molar-refractivity contribution in [3.8, 4) is 0 Å². The quantitative estimate of drug-likeness (QED) is 0.703. The van der Waals surface area contributed by atoms with Crippen LogP contribution in [0.5, 0.6) is 0 Å². The molecule has 0 saturated heterocycles. The number of halogens is 2. The highest BCUT2D eigenvalue weighted by Crippen LogP contribution is 2.29. The lowest BCUT2D eigenvalue weighted by molar-refractivity contribution is -0.132. The fourth-order valence-corrected chi connectivity index (χ4v) is 2.40. The zero-order valence-corrected chi connectivity index (χ0v) is 13.7. The first-order valence-electron chi connectivity index (χ1n) is 8.00. The van der Waals surface area contributed by atoms with Crippen LogP contribution in [-0.4, -0.2) is 35.6 Å². The van der Waals surface area contributed by atoms with Crippen molar-refractivity contribution in [2.24, 2.45) is 5.92 Å². The summed E-state index contributed by atoms with van der Waals surface area (Å²) in [6, 6.07) is 2.24. The van der Waals surface area contributed by atoms with Gasteiger partial charge in [-0.1, -0.05) is 13.0 Å². The maximum Gasteiger partial charge on any atom is 0.245 e. The highest BCUT2D eigenvalue weighted by Gasteiger charge is 2.34. The van der Waals surface area contributed by atoms with Crippen LogP contribution in [0.3, 0.4) is 0 Å². The monoisotopic (exact) mass is 340 g/mol. The van der Waals surface area contributed by atoms with E-state index < -0.39 is 29.7 Å². The molecular formula is C17H22F2N2O3. The van der Waals surface area contributed by atoms with Gasteiger partial charge in [0.2, 0.25) is 11.8 Å². The molecule has 5 nitrogen and oxygen atoms in total. The molecule has 1 aliphatic carbocycles. The minimum Gasteiger partial charge on any atom is -0.391 e. The summed E-state index contributed by atoms with van der Waals surface area (Å²) < 4.78 is 26.7. The maximum atomic E-state index is 13.7. The smallest absolute Gasteiger partial charge is 0.245 e. The zero-order chi connectivity index (χ0) is 17.9. The summed E-state index contributed by atoms with van der Waals surface area (Å²) in [6.45, 7) is 3.21. The van der Waals surface area contributed by atoms with E-state index in [9.17, 15) is 23.5 Å². The minimum absolute atomic E-state index is 0.0775. The van der Waals surface area contributed by atoms with Gasteiger partial charge in [-0.2, -0.15) is 0 Å². The summed E-state index contributed by atoms with van der Waals surface area (Å²) in [7, 11) is 0. The number of aliphatic hydroxyl groups is 1. The van der Waals surface area contributed by atoms with Crippen LogP contribution in [0.1, 0.15) is 38.2 Å². The Balaban J connectivity index is 1.92. The molecule has 132 valence electrons. The number of rotatable bonds is 7. The first kappa shape index (κ1) is 18.3. The number of carbonyl (C=O) groups is 2. The first-order chi connectivity index (χ1) is 11.3. The second kappa shape index (κ2) is 7.70. The Kier molecular flexibility index (Phi) is 5.88. The summed E-state index contributed by atoms with van der Waals surface area (Å²) >= 11 is 0. The van der Waals surface area contributed by atoms with Gasteiger partial charge in [-0.3, -0.25) is 9.59 Å². The van der Waals surface area contributed by atoms with Crippen molar-refractivity contribution >= 4 is 11.8 Å². The molecule has 0 heterocycles. The lowest BCUT2D eigenvalue weighted by atomic mass is 10.00. The Morgan fingerprint density at radius 1 is 1.29 bits per heavy atom. The van der Waals surface area contributed by atoms with Crippen molar-refractivity contribution in [3.05, 3.63) is 35.4 Å². The molecule has 24 heavy (non-hydrogen) atoms. The van der Waals surface area contributed by atoms with Crippen LogP contribution in [0.2, 0.25) is 0 Å². The van der Waals surface area contributed by atoms with E-state index in [1.807, 2.05) is 0 Å². The Labute approximate surface area is 139 Å². The maximum absolute atomic E-state index is 13.7. The molecule has 3 N–H and O–H groups in total. The summed E-state index contributed by atoms with van der Waals surface area (Å²) in [5.41, 5.74) is 0.285. The molecule has 2 amide bonds. The fourth-order valence-electron chi connectivity index (χ4n) is 2.40. The van der Waals surface area contributed by atoms with Crippen molar-refractivity contribution in [3.63, 3.8) is 0 Å². The number of nitrogens with one attached hydrogen (secondary N) is 2. The van der Waals surface area contributed by atoms with E-state index in [2.05, 4.69) is 10.6 Å². The van der Waals surface area contributed by atoms with Crippen molar-refractivity contribution < 1.29 is 23.5 Å². The van der Waals surface area contributed by atoms with E-state index in [0.29, 0.717) is 0 Å². The van der Waals surface area contributed by atoms with Gasteiger partial charge in [0.05, 0.1) is 6.10 Å². The molecule has 0 aromatic heterocycles. The highest BCUT2D eigenvalue weighted by molar-refractivity contribution is 5.89. The highest BCUT2D eigenvalue weighted by atomic mass is 19.1. The van der Waals surface area contributed by atoms with E-state index in [4.69, 9.17) is 0 Å². The molecule has 1 saturated carbocycles. The van der Waals surface area contributed by atoms with Crippen LogP contribution in [0.25, 0.3) is 0 Å². The molecular weight excluding hydrogens is 318 g/mol. The fraction of sp³-hybridized carbons (Fsp3) is 0.529. The van der Waals surface area contributed by atoms with E-state index in [-0.39, 0.29) is 29.9 Å². The second-order valence-electron chi connectivity index (χ2n) is 6.31. The molecule has 0 aliphatic heterocycles. The molecule has 0 radical (unpaired) electrons. The zero-order valence-electron chi connectivity index (χ0n) is 13.7. The van der Waals surface area contributed by atoms with Gasteiger partial charge in [0.25, 0.3) is 0 Å². The number of benzene rings is 1. The summed E-state index contributed by atoms with van der Waals surface area (Å²) in [5, 5.41) is 14.8. The summed E-state index contributed by atoms with van der Waals surface area (Å²) in [4.78, 5) is 24.0. The standard InChI is InChI=1S/C17H22F2N2O3/c1-9(13-6-5-12(18)7-14(13)19)8-20-17(24)15(10(2)22)21-16(23)11-3-4-11/h5-7,9-11,15,22H,3-4,8H2,1-2H3,(H,20,24)(H,21,23). The predicted octanol–water partition coefficient (Wildman–Crippen LogP) is 1.46. The van der Waals surface area contributed by atoms with Gasteiger partial charge < -0.3 is 15.7 Å². The molecule has 7 heteroatoms. The van der Waals surface area contributed by atoms with Crippen LogP contribution >= 0.6 is 0 Å². The van der Waals surface area contributed by atoms with E-state index >= 15 is 0 Å². The van der Waals surface area contributed by atoms with Crippen LogP contribution in [0.15, 0.2) is 18.2 Å². The Morgan fingerprint density at radius 2 is 1.96 bits per heavy atom. The van der Waals surface area contributed by atoms with Crippen molar-refractivity contribution in [2.45, 2.75) is 44.8 Å². The molecule has 3 atom stereocenters. The van der Waals surface area contributed by atoms with Crippen molar-refractivity contribution in [1.82, 2.24) is 10.6 Å². The van der Waals surface area contributed by atoms with Gasteiger partial charge >= 0.3 is 0 Å². The Bertz CT molecular complexity index is 618. The Hall–Kier alpha value is -2.02. The molecule has 0 bridgehead atoms. The third-order valence-corrected chi connectivity index (χ3v) is 4.09. The average molecular weight is 340 g/mol. The Morgan fingerprint density at radius 3 is 2.50 bits per heavy atom. The number of hydrogen-bond donors (Lipinski definition) is 3. The first-order valence-corrected chi connectivity index (χ1v) is 8.00. The third-order valence-electron chi connectivity index (χ3n) is 4.09. The number of carbonyl (C=O) groups excluding carboxylic acids is 2. The minimum atomic E-state index is -1.05. The second-order valence-corrected chi connectivity index (χ2v) is 6.31. The van der Waals surface area contributed by atoms with E-state index in [1.165, 1.54) is 13.0 Å². The lowest BCUT2D eigenvalue weighted by Crippen LogP contribution is -2.53. The van der Waals surface area contributed by atoms with E-state index in [1.54, 1.807) is 6.92 Å². The van der Waals surface area contributed by atoms with Gasteiger partial charge in [-0.05, 0) is 31.4 Å². The topological polar surface area (TPSA) is 78.4 Å². The normalized spacial score (nSPS) is 17.7. The van der Waals surface area contributed by atoms with Crippen LogP contribution < -0.4 is 10.6 Å². The molecule has 1 fully saturated rings. The van der Waals surface area contributed by atoms with Crippen molar-refractivity contribution in [1.29, 1.82) is 0 Å². The predicted molar refractivity (Wildman–Crippen MR) is 84.1 cm³/mol. The van der Waals surface area contributed by atoms with E-state index in [0.717, 1.165) is 25.0 Å². The van der Waals surface area contributed by atoms with Gasteiger partial charge in [0.1, 0.15) is 17.7 Å². The van der Waals surface area contributed by atoms with Crippen LogP contribution in [0, 0.1) is 17.6 Å². The van der Waals surface area contributed by atoms with Gasteiger partial charge in [0.15, 0.2) is 0 Å². The number of aliphatic hydroxyl groups excluding tert-OH is 1. The summed E-state index contributed by atoms with van der Waals surface area (Å²) in [5.74, 6) is -2.58. The van der Waals surface area contributed by atoms with Gasteiger partial charge in [-0.15, -0.1) is 0 Å². The lowest BCUT2D eigenvalue weighted by Gasteiger charge is -2.22. The van der Waals surface area contributed by atoms with Gasteiger partial charge in [0, 0.05) is 24.4 Å². The van der Waals surface area contributed by atoms with Gasteiger partial charge in [-0.25, -0.2) is 8.78 Å². The molecule has 1 aliphatic rings. The molecule has 3 unspecified atom stereocenters. The van der Waals surface area contributed by atoms with Crippen LogP contribution in [0.4, 0.5) is 8.78 Å². The largest absolute Gasteiger partial charge is 0.391 e. The number of hydrogen-bond acceptors (Lipinski definition) is 3. The average Bonchev–Trinajstić information content (AvgIpc) is 3.34. The third kappa shape index (κ3) is 4.74. The molecule has 1 aromatic rings. The summed E-state index contributed by atoms with van der Waals surface area (Å²) in [6.07, 6.45) is 0.535. The molecule has 0 spiro atoms. The molecule has 2 rings (SSSR count). The number of amides is 2. The van der Waals surface area contributed by atoms with Crippen molar-refractivity contribution in [2.75, 3.05) is 6.54 Å².